The Morgan fingerprint density at radius 3 is 2.68 bits per heavy atom. The van der Waals surface area contributed by atoms with Crippen LogP contribution in [0.15, 0.2) is 30.5 Å². The maximum Gasteiger partial charge on any atom is 0.272 e. The van der Waals surface area contributed by atoms with Crippen LogP contribution in [0.5, 0.6) is 0 Å². The molecule has 2 aromatic rings. The van der Waals surface area contributed by atoms with Crippen LogP contribution in [0.25, 0.3) is 0 Å². The Hall–Kier alpha value is -1.65. The summed E-state index contributed by atoms with van der Waals surface area (Å²) in [5.74, 6) is -0.239. The van der Waals surface area contributed by atoms with E-state index in [-0.39, 0.29) is 5.91 Å². The SMILES string of the molecule is CCn1cc(N)cc1C(=O)Nc1ccc(Cl)c(Cl)c1. The number of aryl methyl sites for hydroxylation is 1. The molecule has 3 N–H and O–H groups in total. The molecule has 0 saturated heterocycles. The van der Waals surface area contributed by atoms with Crippen molar-refractivity contribution in [1.29, 1.82) is 0 Å². The predicted molar refractivity (Wildman–Crippen MR) is 78.9 cm³/mol. The van der Waals surface area contributed by atoms with Crippen molar-refractivity contribution in [1.82, 2.24) is 4.57 Å². The predicted octanol–water partition coefficient (Wildman–Crippen LogP) is 3.65. The van der Waals surface area contributed by atoms with Gasteiger partial charge in [-0.15, -0.1) is 0 Å². The van der Waals surface area contributed by atoms with E-state index in [4.69, 9.17) is 28.9 Å². The summed E-state index contributed by atoms with van der Waals surface area (Å²) in [6, 6.07) is 6.56. The lowest BCUT2D eigenvalue weighted by atomic mass is 10.3. The summed E-state index contributed by atoms with van der Waals surface area (Å²) in [6.45, 7) is 2.61. The zero-order chi connectivity index (χ0) is 14.0. The van der Waals surface area contributed by atoms with Gasteiger partial charge >= 0.3 is 0 Å². The highest BCUT2D eigenvalue weighted by Crippen LogP contribution is 2.25. The van der Waals surface area contributed by atoms with Gasteiger partial charge in [-0.1, -0.05) is 23.2 Å². The van der Waals surface area contributed by atoms with E-state index >= 15 is 0 Å². The lowest BCUT2D eigenvalue weighted by Crippen LogP contribution is -2.16. The third kappa shape index (κ3) is 3.03. The Bertz CT molecular complexity index is 622. The fourth-order valence-electron chi connectivity index (χ4n) is 1.75. The van der Waals surface area contributed by atoms with Crippen molar-refractivity contribution in [3.05, 3.63) is 46.2 Å². The number of hydrogen-bond donors (Lipinski definition) is 2. The molecule has 19 heavy (non-hydrogen) atoms. The summed E-state index contributed by atoms with van der Waals surface area (Å²) < 4.78 is 1.78. The molecule has 0 aliphatic heterocycles. The molecule has 0 aliphatic carbocycles. The van der Waals surface area contributed by atoms with Gasteiger partial charge < -0.3 is 15.6 Å². The standard InChI is InChI=1S/C13H13Cl2N3O/c1-2-18-7-8(16)5-12(18)13(19)17-9-3-4-10(14)11(15)6-9/h3-7H,2,16H2,1H3,(H,17,19). The second-order valence-electron chi connectivity index (χ2n) is 4.03. The molecule has 1 aromatic carbocycles. The molecule has 100 valence electrons. The number of nitrogens with two attached hydrogens (primary N) is 1. The van der Waals surface area contributed by atoms with Gasteiger partial charge in [0.15, 0.2) is 0 Å². The molecule has 0 radical (unpaired) electrons. The lowest BCUT2D eigenvalue weighted by Gasteiger charge is -2.08. The van der Waals surface area contributed by atoms with Gasteiger partial charge in [0, 0.05) is 18.4 Å². The van der Waals surface area contributed by atoms with Crippen LogP contribution in [0.4, 0.5) is 11.4 Å². The van der Waals surface area contributed by atoms with Gasteiger partial charge in [0.05, 0.1) is 15.7 Å². The number of carbonyl (C=O) groups excluding carboxylic acids is 1. The minimum Gasteiger partial charge on any atom is -0.397 e. The van der Waals surface area contributed by atoms with Crippen LogP contribution < -0.4 is 11.1 Å². The van der Waals surface area contributed by atoms with E-state index in [1.54, 1.807) is 35.0 Å². The molecule has 1 aromatic heterocycles. The lowest BCUT2D eigenvalue weighted by molar-refractivity contribution is 0.101. The zero-order valence-electron chi connectivity index (χ0n) is 10.3. The fourth-order valence-corrected chi connectivity index (χ4v) is 2.05. The van der Waals surface area contributed by atoms with Crippen molar-refractivity contribution in [2.45, 2.75) is 13.5 Å². The molecule has 0 aliphatic rings. The number of hydrogen-bond acceptors (Lipinski definition) is 2. The molecule has 0 saturated carbocycles. The van der Waals surface area contributed by atoms with Crippen molar-refractivity contribution in [2.24, 2.45) is 0 Å². The van der Waals surface area contributed by atoms with Crippen molar-refractivity contribution in [3.8, 4) is 0 Å². The first-order valence-electron chi connectivity index (χ1n) is 5.73. The number of nitrogens with zero attached hydrogens (tertiary/aromatic N) is 1. The van der Waals surface area contributed by atoms with E-state index in [1.807, 2.05) is 6.92 Å². The zero-order valence-corrected chi connectivity index (χ0v) is 11.8. The number of halogens is 2. The Labute approximate surface area is 121 Å². The highest BCUT2D eigenvalue weighted by atomic mass is 35.5. The smallest absolute Gasteiger partial charge is 0.272 e. The average molecular weight is 298 g/mol. The third-order valence-corrected chi connectivity index (χ3v) is 3.41. The largest absolute Gasteiger partial charge is 0.397 e. The Morgan fingerprint density at radius 2 is 2.05 bits per heavy atom. The van der Waals surface area contributed by atoms with Gasteiger partial charge in [0.1, 0.15) is 5.69 Å². The maximum atomic E-state index is 12.1. The molecule has 1 amide bonds. The summed E-state index contributed by atoms with van der Waals surface area (Å²) in [5, 5.41) is 3.59. The van der Waals surface area contributed by atoms with E-state index in [0.29, 0.717) is 33.7 Å². The summed E-state index contributed by atoms with van der Waals surface area (Å²) >= 11 is 11.7. The first kappa shape index (κ1) is 13.8. The highest BCUT2D eigenvalue weighted by Gasteiger charge is 2.12. The number of aromatic nitrogens is 1. The summed E-state index contributed by atoms with van der Waals surface area (Å²) in [6.07, 6.45) is 1.73. The fraction of sp³-hybridized carbons (Fsp3) is 0.154. The van der Waals surface area contributed by atoms with Crippen molar-refractivity contribution in [3.63, 3.8) is 0 Å². The van der Waals surface area contributed by atoms with Gasteiger partial charge in [-0.25, -0.2) is 0 Å². The summed E-state index contributed by atoms with van der Waals surface area (Å²) in [5.41, 5.74) is 7.34. The molecule has 0 unspecified atom stereocenters. The first-order valence-corrected chi connectivity index (χ1v) is 6.49. The van der Waals surface area contributed by atoms with Gasteiger partial charge in [-0.3, -0.25) is 4.79 Å². The van der Waals surface area contributed by atoms with E-state index in [2.05, 4.69) is 5.32 Å². The molecule has 0 fully saturated rings. The average Bonchev–Trinajstić information content (AvgIpc) is 2.75. The number of anilines is 2. The molecular formula is C13H13Cl2N3O. The van der Waals surface area contributed by atoms with Crippen LogP contribution in [-0.4, -0.2) is 10.5 Å². The minimum atomic E-state index is -0.239. The van der Waals surface area contributed by atoms with Crippen LogP contribution >= 0.6 is 23.2 Å². The molecule has 2 rings (SSSR count). The topological polar surface area (TPSA) is 60.0 Å². The number of carbonyl (C=O) groups is 1. The number of benzene rings is 1. The van der Waals surface area contributed by atoms with E-state index in [9.17, 15) is 4.79 Å². The van der Waals surface area contributed by atoms with Crippen LogP contribution in [0.2, 0.25) is 10.0 Å². The quantitative estimate of drug-likeness (QED) is 0.908. The second-order valence-corrected chi connectivity index (χ2v) is 4.84. The minimum absolute atomic E-state index is 0.239. The van der Waals surface area contributed by atoms with Crippen LogP contribution in [0.1, 0.15) is 17.4 Å². The Morgan fingerprint density at radius 1 is 1.32 bits per heavy atom. The van der Waals surface area contributed by atoms with Crippen LogP contribution in [-0.2, 0) is 6.54 Å². The first-order chi connectivity index (χ1) is 9.01. The Kier molecular flexibility index (Phi) is 4.02. The number of nitrogen functional groups attached to an aromatic ring is 1. The molecule has 0 bridgehead atoms. The van der Waals surface area contributed by atoms with E-state index in [0.717, 1.165) is 0 Å². The number of rotatable bonds is 3. The molecule has 6 heteroatoms. The van der Waals surface area contributed by atoms with Gasteiger partial charge in [-0.05, 0) is 31.2 Å². The van der Waals surface area contributed by atoms with Crippen molar-refractivity contribution in [2.75, 3.05) is 11.1 Å². The molecular weight excluding hydrogens is 285 g/mol. The normalized spacial score (nSPS) is 10.5. The van der Waals surface area contributed by atoms with Gasteiger partial charge in [0.2, 0.25) is 0 Å². The summed E-state index contributed by atoms with van der Waals surface area (Å²) in [7, 11) is 0. The third-order valence-electron chi connectivity index (χ3n) is 2.67. The number of nitrogens with one attached hydrogen (secondary N) is 1. The molecule has 4 nitrogen and oxygen atoms in total. The Balaban J connectivity index is 2.22. The second kappa shape index (κ2) is 5.55. The van der Waals surface area contributed by atoms with Crippen molar-refractivity contribution < 1.29 is 4.79 Å². The van der Waals surface area contributed by atoms with Gasteiger partial charge in [0.25, 0.3) is 5.91 Å². The molecule has 0 atom stereocenters. The van der Waals surface area contributed by atoms with Gasteiger partial charge in [-0.2, -0.15) is 0 Å². The monoisotopic (exact) mass is 297 g/mol. The van der Waals surface area contributed by atoms with Crippen LogP contribution in [0, 0.1) is 0 Å². The molecule has 0 spiro atoms. The summed E-state index contributed by atoms with van der Waals surface area (Å²) in [4.78, 5) is 12.1. The maximum absolute atomic E-state index is 12.1. The van der Waals surface area contributed by atoms with E-state index in [1.165, 1.54) is 0 Å². The number of amides is 1. The van der Waals surface area contributed by atoms with Crippen molar-refractivity contribution >= 4 is 40.5 Å². The highest BCUT2D eigenvalue weighted by molar-refractivity contribution is 6.42. The van der Waals surface area contributed by atoms with Crippen LogP contribution in [0.3, 0.4) is 0 Å². The molecule has 1 heterocycles. The van der Waals surface area contributed by atoms with E-state index < -0.39 is 0 Å².